The van der Waals surface area contributed by atoms with Crippen LogP contribution < -0.4 is 0 Å². The van der Waals surface area contributed by atoms with Gasteiger partial charge in [0.25, 0.3) is 0 Å². The van der Waals surface area contributed by atoms with Gasteiger partial charge in [-0.3, -0.25) is 4.98 Å². The van der Waals surface area contributed by atoms with Crippen LogP contribution in [0.25, 0.3) is 23.5 Å². The number of hydrogen-bond donors (Lipinski definition) is 1. The first-order valence-corrected chi connectivity index (χ1v) is 7.54. The van der Waals surface area contributed by atoms with Gasteiger partial charge in [0.2, 0.25) is 0 Å². The predicted octanol–water partition coefficient (Wildman–Crippen LogP) is 4.32. The normalized spacial score (nSPS) is 10.9. The molecule has 4 nitrogen and oxygen atoms in total. The topological polar surface area (TPSA) is 63.1 Å². The number of aromatic nitrogens is 2. The standard InChI is InChI=1S/C20H16N2O2/c1-14-4-2-6-18(21-14)19-7-3-5-17(22-19)13-10-15-8-11-16(12-9-15)20(23)24/h2-13H,1H3,(H,23,24)/b13-10+. The second-order valence-electron chi connectivity index (χ2n) is 5.37. The maximum atomic E-state index is 10.9. The van der Waals surface area contributed by atoms with Crippen LogP contribution >= 0.6 is 0 Å². The van der Waals surface area contributed by atoms with E-state index in [0.717, 1.165) is 28.3 Å². The summed E-state index contributed by atoms with van der Waals surface area (Å²) in [4.78, 5) is 19.9. The van der Waals surface area contributed by atoms with Crippen molar-refractivity contribution in [3.8, 4) is 11.4 Å². The number of pyridine rings is 2. The van der Waals surface area contributed by atoms with E-state index in [0.29, 0.717) is 0 Å². The number of nitrogens with zero attached hydrogens (tertiary/aromatic N) is 2. The lowest BCUT2D eigenvalue weighted by atomic mass is 10.1. The molecule has 1 aromatic carbocycles. The van der Waals surface area contributed by atoms with Gasteiger partial charge in [0.15, 0.2) is 0 Å². The minimum Gasteiger partial charge on any atom is -0.478 e. The zero-order valence-corrected chi connectivity index (χ0v) is 13.2. The highest BCUT2D eigenvalue weighted by Crippen LogP contribution is 2.16. The van der Waals surface area contributed by atoms with Crippen molar-refractivity contribution < 1.29 is 9.90 Å². The molecular weight excluding hydrogens is 300 g/mol. The summed E-state index contributed by atoms with van der Waals surface area (Å²) >= 11 is 0. The van der Waals surface area contributed by atoms with Crippen LogP contribution in [-0.2, 0) is 0 Å². The van der Waals surface area contributed by atoms with Crippen molar-refractivity contribution in [1.82, 2.24) is 9.97 Å². The molecule has 0 aliphatic rings. The van der Waals surface area contributed by atoms with Gasteiger partial charge in [-0.15, -0.1) is 0 Å². The molecule has 4 heteroatoms. The highest BCUT2D eigenvalue weighted by Gasteiger charge is 2.02. The van der Waals surface area contributed by atoms with Crippen LogP contribution in [-0.4, -0.2) is 21.0 Å². The Hall–Kier alpha value is -3.27. The third kappa shape index (κ3) is 3.73. The van der Waals surface area contributed by atoms with E-state index in [1.54, 1.807) is 24.3 Å². The second kappa shape index (κ2) is 6.87. The molecule has 0 radical (unpaired) electrons. The highest BCUT2D eigenvalue weighted by atomic mass is 16.4. The van der Waals surface area contributed by atoms with Crippen molar-refractivity contribution in [2.45, 2.75) is 6.92 Å². The van der Waals surface area contributed by atoms with E-state index in [-0.39, 0.29) is 5.56 Å². The van der Waals surface area contributed by atoms with Gasteiger partial charge >= 0.3 is 5.97 Å². The third-order valence-electron chi connectivity index (χ3n) is 3.53. The lowest BCUT2D eigenvalue weighted by Crippen LogP contribution is -1.94. The van der Waals surface area contributed by atoms with Crippen LogP contribution in [0.4, 0.5) is 0 Å². The predicted molar refractivity (Wildman–Crippen MR) is 94.5 cm³/mol. The van der Waals surface area contributed by atoms with Gasteiger partial charge in [0, 0.05) is 5.69 Å². The molecule has 0 atom stereocenters. The molecule has 24 heavy (non-hydrogen) atoms. The summed E-state index contributed by atoms with van der Waals surface area (Å²) in [6, 6.07) is 18.4. The number of aryl methyl sites for hydroxylation is 1. The van der Waals surface area contributed by atoms with Gasteiger partial charge in [0.1, 0.15) is 0 Å². The number of aromatic carboxylic acids is 1. The van der Waals surface area contributed by atoms with Gasteiger partial charge in [-0.25, -0.2) is 9.78 Å². The second-order valence-corrected chi connectivity index (χ2v) is 5.37. The molecule has 0 fully saturated rings. The van der Waals surface area contributed by atoms with Crippen molar-refractivity contribution in [2.24, 2.45) is 0 Å². The summed E-state index contributed by atoms with van der Waals surface area (Å²) < 4.78 is 0. The largest absolute Gasteiger partial charge is 0.478 e. The monoisotopic (exact) mass is 316 g/mol. The first-order valence-electron chi connectivity index (χ1n) is 7.54. The Morgan fingerprint density at radius 3 is 2.21 bits per heavy atom. The third-order valence-corrected chi connectivity index (χ3v) is 3.53. The van der Waals surface area contributed by atoms with Gasteiger partial charge in [-0.05, 0) is 55.0 Å². The van der Waals surface area contributed by atoms with Crippen LogP contribution in [0, 0.1) is 6.92 Å². The number of benzene rings is 1. The van der Waals surface area contributed by atoms with Crippen molar-refractivity contribution in [1.29, 1.82) is 0 Å². The summed E-state index contributed by atoms with van der Waals surface area (Å²) in [6.07, 6.45) is 3.80. The molecule has 3 aromatic rings. The van der Waals surface area contributed by atoms with Gasteiger partial charge < -0.3 is 5.11 Å². The number of carbonyl (C=O) groups is 1. The Kier molecular flexibility index (Phi) is 4.47. The summed E-state index contributed by atoms with van der Waals surface area (Å²) in [5, 5.41) is 8.91. The van der Waals surface area contributed by atoms with Gasteiger partial charge in [-0.2, -0.15) is 0 Å². The van der Waals surface area contributed by atoms with E-state index in [1.165, 1.54) is 0 Å². The molecule has 0 saturated carbocycles. The molecule has 0 spiro atoms. The Balaban J connectivity index is 1.83. The van der Waals surface area contributed by atoms with Crippen LogP contribution in [0.15, 0.2) is 60.7 Å². The van der Waals surface area contributed by atoms with E-state index in [9.17, 15) is 4.79 Å². The van der Waals surface area contributed by atoms with Crippen molar-refractivity contribution in [3.63, 3.8) is 0 Å². The average Bonchev–Trinajstić information content (AvgIpc) is 2.60. The van der Waals surface area contributed by atoms with E-state index in [2.05, 4.69) is 9.97 Å². The fraction of sp³-hybridized carbons (Fsp3) is 0.0500. The molecule has 2 heterocycles. The minimum atomic E-state index is -0.925. The maximum absolute atomic E-state index is 10.9. The van der Waals surface area contributed by atoms with Crippen molar-refractivity contribution in [2.75, 3.05) is 0 Å². The Morgan fingerprint density at radius 1 is 0.875 bits per heavy atom. The lowest BCUT2D eigenvalue weighted by Gasteiger charge is -2.02. The SMILES string of the molecule is Cc1cccc(-c2cccc(/C=C/c3ccc(C(=O)O)cc3)n2)n1. The fourth-order valence-corrected chi connectivity index (χ4v) is 2.29. The van der Waals surface area contributed by atoms with E-state index in [1.807, 2.05) is 55.5 Å². The van der Waals surface area contributed by atoms with E-state index in [4.69, 9.17) is 5.11 Å². The first kappa shape index (κ1) is 15.6. The van der Waals surface area contributed by atoms with Crippen LogP contribution in [0.1, 0.15) is 27.3 Å². The molecule has 0 aliphatic heterocycles. The molecule has 0 bridgehead atoms. The summed E-state index contributed by atoms with van der Waals surface area (Å²) in [5.74, 6) is -0.925. The maximum Gasteiger partial charge on any atom is 0.335 e. The lowest BCUT2D eigenvalue weighted by molar-refractivity contribution is 0.0697. The number of carboxylic acid groups (broad SMARTS) is 1. The van der Waals surface area contributed by atoms with Gasteiger partial charge in [-0.1, -0.05) is 30.3 Å². The number of rotatable bonds is 4. The quantitative estimate of drug-likeness (QED) is 0.778. The molecule has 2 aromatic heterocycles. The zero-order chi connectivity index (χ0) is 16.9. The molecule has 0 saturated heterocycles. The zero-order valence-electron chi connectivity index (χ0n) is 13.2. The molecule has 118 valence electrons. The Morgan fingerprint density at radius 2 is 1.54 bits per heavy atom. The van der Waals surface area contributed by atoms with E-state index < -0.39 is 5.97 Å². The Labute approximate surface area is 140 Å². The molecule has 0 aliphatic carbocycles. The van der Waals surface area contributed by atoms with Crippen molar-refractivity contribution in [3.05, 3.63) is 83.2 Å². The first-order chi connectivity index (χ1) is 11.6. The summed E-state index contributed by atoms with van der Waals surface area (Å²) in [6.45, 7) is 1.95. The van der Waals surface area contributed by atoms with Crippen LogP contribution in [0.3, 0.4) is 0 Å². The van der Waals surface area contributed by atoms with Crippen LogP contribution in [0.5, 0.6) is 0 Å². The highest BCUT2D eigenvalue weighted by molar-refractivity contribution is 5.88. The molecule has 0 amide bonds. The molecule has 3 rings (SSSR count). The smallest absolute Gasteiger partial charge is 0.335 e. The average molecular weight is 316 g/mol. The fourth-order valence-electron chi connectivity index (χ4n) is 2.29. The minimum absolute atomic E-state index is 0.276. The summed E-state index contributed by atoms with van der Waals surface area (Å²) in [5.41, 5.74) is 4.63. The Bertz CT molecular complexity index is 900. The molecular formula is C20H16N2O2. The summed E-state index contributed by atoms with van der Waals surface area (Å²) in [7, 11) is 0. The number of carboxylic acids is 1. The van der Waals surface area contributed by atoms with Gasteiger partial charge in [0.05, 0.1) is 22.6 Å². The molecule has 0 unspecified atom stereocenters. The van der Waals surface area contributed by atoms with Crippen LogP contribution in [0.2, 0.25) is 0 Å². The van der Waals surface area contributed by atoms with E-state index >= 15 is 0 Å². The van der Waals surface area contributed by atoms with Crippen molar-refractivity contribution >= 4 is 18.1 Å². The molecule has 1 N–H and O–H groups in total. The number of hydrogen-bond acceptors (Lipinski definition) is 3.